The molecule has 4 heteroatoms. The van der Waals surface area contributed by atoms with Crippen molar-refractivity contribution in [2.75, 3.05) is 0 Å². The minimum atomic E-state index is -0.389. The topological polar surface area (TPSA) is 42.2 Å². The molecule has 24 heavy (non-hydrogen) atoms. The van der Waals surface area contributed by atoms with Crippen molar-refractivity contribution >= 4 is 12.6 Å². The van der Waals surface area contributed by atoms with E-state index in [4.69, 9.17) is 9.31 Å². The smallest absolute Gasteiger partial charge is 0.399 e. The van der Waals surface area contributed by atoms with Crippen LogP contribution in [0.15, 0.2) is 18.2 Å². The summed E-state index contributed by atoms with van der Waals surface area (Å²) < 4.78 is 12.1. The van der Waals surface area contributed by atoms with Crippen molar-refractivity contribution in [2.24, 2.45) is 0 Å². The van der Waals surface area contributed by atoms with Crippen LogP contribution in [-0.2, 0) is 9.31 Å². The Morgan fingerprint density at radius 1 is 1.00 bits per heavy atom. The maximum atomic E-state index is 9.34. The van der Waals surface area contributed by atoms with E-state index in [9.17, 15) is 5.26 Å². The first-order valence-corrected chi connectivity index (χ1v) is 9.24. The van der Waals surface area contributed by atoms with Gasteiger partial charge in [-0.3, -0.25) is 0 Å². The van der Waals surface area contributed by atoms with Crippen molar-refractivity contribution in [1.29, 1.82) is 5.26 Å². The van der Waals surface area contributed by atoms with Crippen LogP contribution in [0.3, 0.4) is 0 Å². The summed E-state index contributed by atoms with van der Waals surface area (Å²) >= 11 is 0. The van der Waals surface area contributed by atoms with E-state index in [1.165, 1.54) is 18.4 Å². The molecule has 2 aliphatic rings. The van der Waals surface area contributed by atoms with Crippen molar-refractivity contribution in [2.45, 2.75) is 85.4 Å². The molecule has 132 valence electrons. The number of benzene rings is 1. The van der Waals surface area contributed by atoms with Crippen molar-refractivity contribution in [3.05, 3.63) is 29.3 Å². The van der Waals surface area contributed by atoms with Gasteiger partial charge in [0.15, 0.2) is 0 Å². The third kappa shape index (κ3) is 4.20. The van der Waals surface area contributed by atoms with E-state index in [0.717, 1.165) is 11.0 Å². The monoisotopic (exact) mass is 329 g/mol. The normalized spacial score (nSPS) is 20.2. The zero-order valence-corrected chi connectivity index (χ0v) is 16.6. The van der Waals surface area contributed by atoms with Gasteiger partial charge in [0.1, 0.15) is 0 Å². The summed E-state index contributed by atoms with van der Waals surface area (Å²) in [5.74, 6) is 0.581. The third-order valence-electron chi connectivity index (χ3n) is 4.74. The van der Waals surface area contributed by atoms with E-state index in [0.29, 0.717) is 5.92 Å². The first kappa shape index (κ1) is 20.7. The summed E-state index contributed by atoms with van der Waals surface area (Å²) in [7, 11) is -0.389. The summed E-state index contributed by atoms with van der Waals surface area (Å²) in [5.41, 5.74) is 2.18. The van der Waals surface area contributed by atoms with E-state index in [1.807, 2.05) is 67.5 Å². The van der Waals surface area contributed by atoms with Gasteiger partial charge in [0.25, 0.3) is 0 Å². The molecule has 2 fully saturated rings. The van der Waals surface area contributed by atoms with Gasteiger partial charge in [-0.05, 0) is 63.5 Å². The number of rotatable bonds is 2. The summed E-state index contributed by atoms with van der Waals surface area (Å²) in [6.07, 6.45) is 2.40. The van der Waals surface area contributed by atoms with Crippen molar-refractivity contribution in [3.8, 4) is 6.07 Å². The quantitative estimate of drug-likeness (QED) is 0.733. The van der Waals surface area contributed by atoms with E-state index >= 15 is 0 Å². The van der Waals surface area contributed by atoms with Crippen LogP contribution in [0.2, 0.25) is 0 Å². The van der Waals surface area contributed by atoms with Crippen LogP contribution in [0.25, 0.3) is 0 Å². The molecule has 3 rings (SSSR count). The van der Waals surface area contributed by atoms with Crippen molar-refractivity contribution in [3.63, 3.8) is 0 Å². The molecule has 0 atom stereocenters. The molecule has 0 unspecified atom stereocenters. The molecular weight excluding hydrogens is 297 g/mol. The predicted octanol–water partition coefficient (Wildman–Crippen LogP) is 4.79. The first-order chi connectivity index (χ1) is 11.3. The zero-order valence-electron chi connectivity index (χ0n) is 16.6. The molecule has 0 amide bonds. The first-order valence-electron chi connectivity index (χ1n) is 9.24. The second kappa shape index (κ2) is 8.18. The summed E-state index contributed by atoms with van der Waals surface area (Å²) in [6.45, 7) is 16.2. The number of nitrogens with zero attached hydrogens (tertiary/aromatic N) is 1. The van der Waals surface area contributed by atoms with E-state index in [2.05, 4.69) is 12.1 Å². The lowest BCUT2D eigenvalue weighted by atomic mass is 9.77. The summed E-state index contributed by atoms with van der Waals surface area (Å²) in [4.78, 5) is 0. The molecule has 1 saturated carbocycles. The second-order valence-electron chi connectivity index (χ2n) is 6.82. The fraction of sp³-hybridized carbons (Fsp3) is 0.650. The molecule has 0 N–H and O–H groups in total. The van der Waals surface area contributed by atoms with Crippen LogP contribution in [0.5, 0.6) is 0 Å². The Labute approximate surface area is 148 Å². The van der Waals surface area contributed by atoms with Gasteiger partial charge < -0.3 is 9.31 Å². The highest BCUT2D eigenvalue weighted by Gasteiger charge is 2.51. The summed E-state index contributed by atoms with van der Waals surface area (Å²) in [6, 6.07) is 8.34. The maximum absolute atomic E-state index is 9.34. The van der Waals surface area contributed by atoms with Gasteiger partial charge in [-0.25, -0.2) is 0 Å². The average molecular weight is 329 g/mol. The molecule has 0 spiro atoms. The van der Waals surface area contributed by atoms with Gasteiger partial charge in [0.05, 0.1) is 22.8 Å². The Kier molecular flexibility index (Phi) is 7.07. The van der Waals surface area contributed by atoms with Gasteiger partial charge in [0.2, 0.25) is 0 Å². The average Bonchev–Trinajstić information content (AvgIpc) is 3.38. The highest BCUT2D eigenvalue weighted by atomic mass is 16.7. The molecule has 0 aromatic heterocycles. The van der Waals surface area contributed by atoms with Gasteiger partial charge in [-0.1, -0.05) is 39.8 Å². The molecule has 1 aromatic carbocycles. The largest absolute Gasteiger partial charge is 0.494 e. The molecule has 3 nitrogen and oxygen atoms in total. The van der Waals surface area contributed by atoms with Crippen LogP contribution in [0, 0.1) is 11.3 Å². The Morgan fingerprint density at radius 2 is 1.50 bits per heavy atom. The lowest BCUT2D eigenvalue weighted by Crippen LogP contribution is -2.41. The molecule has 1 aliphatic heterocycles. The SMILES string of the molecule is CC.CC.CC1(C)OB(c2ccc(C3CC3)c(C#N)c2)OC1(C)C. The number of hydrogen-bond acceptors (Lipinski definition) is 3. The van der Waals surface area contributed by atoms with Crippen LogP contribution in [0.1, 0.15) is 85.3 Å². The van der Waals surface area contributed by atoms with Crippen LogP contribution < -0.4 is 5.46 Å². The molecule has 1 aliphatic carbocycles. The maximum Gasteiger partial charge on any atom is 0.494 e. The highest BCUT2D eigenvalue weighted by molar-refractivity contribution is 6.62. The Balaban J connectivity index is 0.000000671. The van der Waals surface area contributed by atoms with Crippen molar-refractivity contribution in [1.82, 2.24) is 0 Å². The Hall–Kier alpha value is -1.31. The van der Waals surface area contributed by atoms with Crippen LogP contribution >= 0.6 is 0 Å². The van der Waals surface area contributed by atoms with E-state index in [1.54, 1.807) is 0 Å². The number of nitriles is 1. The Bertz CT molecular complexity index is 570. The second-order valence-corrected chi connectivity index (χ2v) is 6.82. The minimum Gasteiger partial charge on any atom is -0.399 e. The molecule has 1 aromatic rings. The third-order valence-corrected chi connectivity index (χ3v) is 4.74. The van der Waals surface area contributed by atoms with E-state index in [-0.39, 0.29) is 18.3 Å². The molecule has 0 bridgehead atoms. The molecular formula is C20H32BNO2. The fourth-order valence-corrected chi connectivity index (χ4v) is 2.55. The highest BCUT2D eigenvalue weighted by Crippen LogP contribution is 2.41. The number of hydrogen-bond donors (Lipinski definition) is 0. The summed E-state index contributed by atoms with van der Waals surface area (Å²) in [5, 5.41) is 9.34. The lowest BCUT2D eigenvalue weighted by molar-refractivity contribution is 0.00578. The van der Waals surface area contributed by atoms with Gasteiger partial charge >= 0.3 is 7.12 Å². The fourth-order valence-electron chi connectivity index (χ4n) is 2.55. The zero-order chi connectivity index (χ0) is 18.5. The van der Waals surface area contributed by atoms with Gasteiger partial charge in [-0.15, -0.1) is 0 Å². The predicted molar refractivity (Wildman–Crippen MR) is 102 cm³/mol. The molecule has 1 heterocycles. The van der Waals surface area contributed by atoms with Crippen LogP contribution in [0.4, 0.5) is 0 Å². The standard InChI is InChI=1S/C16H20BNO2.2C2H6/c1-15(2)16(3,4)20-17(19-15)13-7-8-14(11-5-6-11)12(9-13)10-18;2*1-2/h7-9,11H,5-6H2,1-4H3;2*1-2H3. The van der Waals surface area contributed by atoms with E-state index < -0.39 is 0 Å². The molecule has 1 saturated heterocycles. The molecule has 0 radical (unpaired) electrons. The minimum absolute atomic E-state index is 0.348. The van der Waals surface area contributed by atoms with Gasteiger partial charge in [-0.2, -0.15) is 5.26 Å². The lowest BCUT2D eigenvalue weighted by Gasteiger charge is -2.32. The van der Waals surface area contributed by atoms with Crippen LogP contribution in [-0.4, -0.2) is 18.3 Å². The van der Waals surface area contributed by atoms with Crippen molar-refractivity contribution < 1.29 is 9.31 Å². The van der Waals surface area contributed by atoms with Gasteiger partial charge in [0, 0.05) is 0 Å². The Morgan fingerprint density at radius 3 is 1.92 bits per heavy atom.